The fourth-order valence-electron chi connectivity index (χ4n) is 3.31. The summed E-state index contributed by atoms with van der Waals surface area (Å²) in [5.41, 5.74) is 1.96. The van der Waals surface area contributed by atoms with Crippen molar-refractivity contribution < 1.29 is 22.3 Å². The highest BCUT2D eigenvalue weighted by Crippen LogP contribution is 2.38. The number of halogens is 1. The lowest BCUT2D eigenvalue weighted by molar-refractivity contribution is -0.128. The topological polar surface area (TPSA) is 75.7 Å². The molecule has 8 heteroatoms. The molecule has 0 aromatic heterocycles. The van der Waals surface area contributed by atoms with Crippen LogP contribution in [0.3, 0.4) is 0 Å². The molecule has 1 amide bonds. The van der Waals surface area contributed by atoms with E-state index in [2.05, 4.69) is 5.32 Å². The zero-order valence-corrected chi connectivity index (χ0v) is 18.6. The SMILES string of the molecule is C[C@@H](NC(=O)[C@@H]1CN(S(C)(=O)=O)c2cc(C(C)(C)C)ccc2O1)c1ccc(F)cc1. The summed E-state index contributed by atoms with van der Waals surface area (Å²) in [4.78, 5) is 12.8. The lowest BCUT2D eigenvalue weighted by Gasteiger charge is -2.35. The van der Waals surface area contributed by atoms with Gasteiger partial charge >= 0.3 is 0 Å². The Morgan fingerprint density at radius 2 is 1.83 bits per heavy atom. The Hall–Kier alpha value is -2.61. The lowest BCUT2D eigenvalue weighted by atomic mass is 9.86. The Bertz CT molecular complexity index is 1050. The molecule has 0 radical (unpaired) electrons. The molecule has 1 N–H and O–H groups in total. The van der Waals surface area contributed by atoms with Gasteiger partial charge in [0, 0.05) is 0 Å². The first-order chi connectivity index (χ1) is 13.9. The van der Waals surface area contributed by atoms with Gasteiger partial charge in [-0.05, 0) is 47.7 Å². The predicted octanol–water partition coefficient (Wildman–Crippen LogP) is 3.53. The van der Waals surface area contributed by atoms with Gasteiger partial charge in [0.25, 0.3) is 5.91 Å². The van der Waals surface area contributed by atoms with E-state index in [9.17, 15) is 17.6 Å². The highest BCUT2D eigenvalue weighted by Gasteiger charge is 2.36. The number of carbonyl (C=O) groups excluding carboxylic acids is 1. The van der Waals surface area contributed by atoms with Gasteiger partial charge in [-0.2, -0.15) is 0 Å². The highest BCUT2D eigenvalue weighted by atomic mass is 32.2. The predicted molar refractivity (Wildman–Crippen MR) is 115 cm³/mol. The Morgan fingerprint density at radius 3 is 2.40 bits per heavy atom. The van der Waals surface area contributed by atoms with Crippen molar-refractivity contribution in [3.05, 3.63) is 59.4 Å². The van der Waals surface area contributed by atoms with Crippen LogP contribution < -0.4 is 14.4 Å². The van der Waals surface area contributed by atoms with E-state index in [1.54, 1.807) is 31.2 Å². The third kappa shape index (κ3) is 4.75. The second-order valence-electron chi connectivity index (χ2n) is 8.61. The largest absolute Gasteiger partial charge is 0.476 e. The first kappa shape index (κ1) is 22.1. The molecule has 162 valence electrons. The molecule has 0 spiro atoms. The Morgan fingerprint density at radius 1 is 1.20 bits per heavy atom. The van der Waals surface area contributed by atoms with Crippen molar-refractivity contribution in [2.75, 3.05) is 17.1 Å². The average Bonchev–Trinajstić information content (AvgIpc) is 2.65. The quantitative estimate of drug-likeness (QED) is 0.799. The van der Waals surface area contributed by atoms with Gasteiger partial charge in [-0.1, -0.05) is 39.0 Å². The maximum Gasteiger partial charge on any atom is 0.263 e. The summed E-state index contributed by atoms with van der Waals surface area (Å²) in [6.07, 6.45) is 0.109. The molecule has 0 aliphatic carbocycles. The van der Waals surface area contributed by atoms with Gasteiger partial charge in [0.1, 0.15) is 11.6 Å². The summed E-state index contributed by atoms with van der Waals surface area (Å²) >= 11 is 0. The second kappa shape index (κ2) is 7.91. The molecule has 0 fully saturated rings. The molecule has 0 unspecified atom stereocenters. The molecule has 6 nitrogen and oxygen atoms in total. The zero-order chi connectivity index (χ0) is 22.3. The van der Waals surface area contributed by atoms with Crippen LogP contribution in [0.1, 0.15) is 44.9 Å². The summed E-state index contributed by atoms with van der Waals surface area (Å²) in [7, 11) is -3.62. The molecule has 30 heavy (non-hydrogen) atoms. The van der Waals surface area contributed by atoms with E-state index in [1.807, 2.05) is 26.8 Å². The molecular weight excluding hydrogens is 407 g/mol. The fraction of sp³-hybridized carbons (Fsp3) is 0.409. The summed E-state index contributed by atoms with van der Waals surface area (Å²) in [5.74, 6) is -0.455. The van der Waals surface area contributed by atoms with E-state index in [4.69, 9.17) is 4.74 Å². The summed E-state index contributed by atoms with van der Waals surface area (Å²) in [5, 5.41) is 2.82. The lowest BCUT2D eigenvalue weighted by Crippen LogP contribution is -2.50. The Balaban J connectivity index is 1.86. The van der Waals surface area contributed by atoms with E-state index < -0.39 is 28.1 Å². The zero-order valence-electron chi connectivity index (χ0n) is 17.8. The van der Waals surface area contributed by atoms with E-state index in [0.29, 0.717) is 11.4 Å². The smallest absolute Gasteiger partial charge is 0.263 e. The van der Waals surface area contributed by atoms with Crippen LogP contribution in [0, 0.1) is 5.82 Å². The van der Waals surface area contributed by atoms with Crippen LogP contribution in [0.4, 0.5) is 10.1 Å². The molecule has 3 rings (SSSR count). The fourth-order valence-corrected chi connectivity index (χ4v) is 4.22. The van der Waals surface area contributed by atoms with E-state index in [1.165, 1.54) is 16.4 Å². The maximum atomic E-state index is 13.1. The number of amides is 1. The van der Waals surface area contributed by atoms with Crippen molar-refractivity contribution in [3.63, 3.8) is 0 Å². The molecule has 2 aromatic rings. The van der Waals surface area contributed by atoms with Gasteiger partial charge in [0.2, 0.25) is 10.0 Å². The number of hydrogen-bond donors (Lipinski definition) is 1. The highest BCUT2D eigenvalue weighted by molar-refractivity contribution is 7.92. The summed E-state index contributed by atoms with van der Waals surface area (Å²) < 4.78 is 45.1. The number of sulfonamides is 1. The van der Waals surface area contributed by atoms with Crippen LogP contribution in [0.15, 0.2) is 42.5 Å². The first-order valence-corrected chi connectivity index (χ1v) is 11.6. The number of hydrogen-bond acceptors (Lipinski definition) is 4. The van der Waals surface area contributed by atoms with Gasteiger partial charge in [-0.3, -0.25) is 9.10 Å². The summed E-state index contributed by atoms with van der Waals surface area (Å²) in [6, 6.07) is 10.8. The van der Waals surface area contributed by atoms with Gasteiger partial charge in [0.15, 0.2) is 6.10 Å². The van der Waals surface area contributed by atoms with Crippen LogP contribution in [0.2, 0.25) is 0 Å². The third-order valence-electron chi connectivity index (χ3n) is 5.12. The second-order valence-corrected chi connectivity index (χ2v) is 10.5. The number of nitrogens with zero attached hydrogens (tertiary/aromatic N) is 1. The van der Waals surface area contributed by atoms with Crippen LogP contribution in [0.25, 0.3) is 0 Å². The molecule has 1 aliphatic heterocycles. The minimum absolute atomic E-state index is 0.124. The normalized spacial score (nSPS) is 17.7. The van der Waals surface area contributed by atoms with Crippen molar-refractivity contribution in [1.82, 2.24) is 5.32 Å². The van der Waals surface area contributed by atoms with Crippen LogP contribution >= 0.6 is 0 Å². The van der Waals surface area contributed by atoms with E-state index in [0.717, 1.165) is 17.4 Å². The number of anilines is 1. The average molecular weight is 435 g/mol. The van der Waals surface area contributed by atoms with Gasteiger partial charge in [0.05, 0.1) is 24.5 Å². The number of benzene rings is 2. The minimum Gasteiger partial charge on any atom is -0.476 e. The molecule has 0 bridgehead atoms. The standard InChI is InChI=1S/C22H27FN2O4S/c1-14(15-6-9-17(23)10-7-15)24-21(26)20-13-25(30(5,27)28)18-12-16(22(2,3)4)8-11-19(18)29-20/h6-12,14,20H,13H2,1-5H3,(H,24,26)/t14-,20+/m1/s1. The van der Waals surface area contributed by atoms with Gasteiger partial charge < -0.3 is 10.1 Å². The number of nitrogens with one attached hydrogen (secondary N) is 1. The van der Waals surface area contributed by atoms with Crippen molar-refractivity contribution in [2.24, 2.45) is 0 Å². The van der Waals surface area contributed by atoms with Crippen LogP contribution in [-0.4, -0.2) is 33.2 Å². The molecule has 0 saturated heterocycles. The van der Waals surface area contributed by atoms with E-state index in [-0.39, 0.29) is 17.8 Å². The van der Waals surface area contributed by atoms with Crippen molar-refractivity contribution >= 4 is 21.6 Å². The van der Waals surface area contributed by atoms with E-state index >= 15 is 0 Å². The van der Waals surface area contributed by atoms with Crippen molar-refractivity contribution in [3.8, 4) is 5.75 Å². The molecule has 2 aromatic carbocycles. The maximum absolute atomic E-state index is 13.1. The number of fused-ring (bicyclic) bond motifs is 1. The van der Waals surface area contributed by atoms with Crippen molar-refractivity contribution in [2.45, 2.75) is 45.3 Å². The number of ether oxygens (including phenoxy) is 1. The van der Waals surface area contributed by atoms with Gasteiger partial charge in [-0.15, -0.1) is 0 Å². The molecule has 1 heterocycles. The van der Waals surface area contributed by atoms with Crippen LogP contribution in [-0.2, 0) is 20.2 Å². The molecule has 0 saturated carbocycles. The summed E-state index contributed by atoms with van der Waals surface area (Å²) in [6.45, 7) is 7.76. The van der Waals surface area contributed by atoms with Gasteiger partial charge in [-0.25, -0.2) is 12.8 Å². The molecule has 1 aliphatic rings. The molecule has 2 atom stereocenters. The van der Waals surface area contributed by atoms with Crippen LogP contribution in [0.5, 0.6) is 5.75 Å². The third-order valence-corrected chi connectivity index (χ3v) is 6.26. The Labute approximate surface area is 177 Å². The first-order valence-electron chi connectivity index (χ1n) is 9.71. The number of carbonyl (C=O) groups is 1. The number of rotatable bonds is 4. The van der Waals surface area contributed by atoms with Crippen molar-refractivity contribution in [1.29, 1.82) is 0 Å². The Kier molecular flexibility index (Phi) is 5.82. The molecular formula is C22H27FN2O4S. The monoisotopic (exact) mass is 434 g/mol. The minimum atomic E-state index is -3.62.